The van der Waals surface area contributed by atoms with E-state index < -0.39 is 0 Å². The number of thioether (sulfide) groups is 1. The van der Waals surface area contributed by atoms with Crippen molar-refractivity contribution in [1.82, 2.24) is 0 Å². The van der Waals surface area contributed by atoms with E-state index in [2.05, 4.69) is 15.2 Å². The summed E-state index contributed by atoms with van der Waals surface area (Å²) in [6, 6.07) is 6.57. The van der Waals surface area contributed by atoms with E-state index in [4.69, 9.17) is 0 Å². The summed E-state index contributed by atoms with van der Waals surface area (Å²) in [5, 5.41) is 28.7. The van der Waals surface area contributed by atoms with Gasteiger partial charge >= 0.3 is 0 Å². The number of rotatable bonds is 7. The average molecular weight is 489 g/mol. The van der Waals surface area contributed by atoms with Crippen molar-refractivity contribution in [1.29, 1.82) is 0 Å². The Hall–Kier alpha value is -2.74. The number of phenolic OH excluding ortho intramolecular Hbond substituents is 2. The molecule has 0 fully saturated rings. The smallest absolute Gasteiger partial charge is 0.208 e. The third kappa shape index (κ3) is 7.47. The number of phenols is 2. The Labute approximate surface area is 195 Å². The molecule has 0 saturated heterocycles. The molecule has 167 valence electrons. The molecule has 0 aliphatic carbocycles. The summed E-state index contributed by atoms with van der Waals surface area (Å²) in [4.78, 5) is 26.4. The van der Waals surface area contributed by atoms with Gasteiger partial charge in [0.2, 0.25) is 5.17 Å². The molecule has 0 aliphatic rings. The van der Waals surface area contributed by atoms with Crippen LogP contribution in [-0.4, -0.2) is 46.1 Å². The third-order valence-corrected chi connectivity index (χ3v) is 5.03. The number of hydrogen-bond acceptors (Lipinski definition) is 7. The minimum absolute atomic E-state index is 0. The number of aryl methyl sites for hydroxylation is 2. The predicted octanol–water partition coefficient (Wildman–Crippen LogP) is 4.29. The quantitative estimate of drug-likeness (QED) is 0.198. The van der Waals surface area contributed by atoms with Crippen LogP contribution in [0.2, 0.25) is 0 Å². The maximum Gasteiger partial charge on any atom is 0.208 e. The molecule has 0 atom stereocenters. The Bertz CT molecular complexity index is 1040. The largest absolute Gasteiger partial charge is 0.507 e. The van der Waals surface area contributed by atoms with E-state index in [1.54, 1.807) is 24.3 Å². The summed E-state index contributed by atoms with van der Waals surface area (Å²) in [5.41, 5.74) is 2.76. The van der Waals surface area contributed by atoms with E-state index in [9.17, 15) is 19.8 Å². The molecular formula is C22H23CuN3O4S. The van der Waals surface area contributed by atoms with Crippen molar-refractivity contribution in [3.05, 3.63) is 57.6 Å². The average Bonchev–Trinajstić information content (AvgIpc) is 2.73. The van der Waals surface area contributed by atoms with E-state index in [0.717, 1.165) is 23.3 Å². The maximum atomic E-state index is 11.1. The van der Waals surface area contributed by atoms with Gasteiger partial charge in [0.15, 0.2) is 12.6 Å². The van der Waals surface area contributed by atoms with Crippen molar-refractivity contribution in [2.75, 3.05) is 5.75 Å². The van der Waals surface area contributed by atoms with Crippen molar-refractivity contribution in [3.63, 3.8) is 0 Å². The van der Waals surface area contributed by atoms with Crippen molar-refractivity contribution in [3.8, 4) is 11.5 Å². The van der Waals surface area contributed by atoms with E-state index >= 15 is 0 Å². The van der Waals surface area contributed by atoms with Crippen LogP contribution in [-0.2, 0) is 17.1 Å². The van der Waals surface area contributed by atoms with Crippen LogP contribution >= 0.6 is 11.8 Å². The van der Waals surface area contributed by atoms with Gasteiger partial charge in [-0.1, -0.05) is 18.7 Å². The molecule has 0 heterocycles. The van der Waals surface area contributed by atoms with Crippen LogP contribution < -0.4 is 0 Å². The molecule has 0 amide bonds. The first-order chi connectivity index (χ1) is 14.4. The number of amidine groups is 1. The van der Waals surface area contributed by atoms with Crippen LogP contribution in [0, 0.1) is 13.8 Å². The molecule has 1 radical (unpaired) electrons. The molecule has 0 aliphatic heterocycles. The number of aliphatic imine (C=N–C) groups is 1. The standard InChI is InChI=1S/C22H23N3O4S.Cu/c1-4-5-30-22(23-10-16-6-14(2)8-18(12-26)20(16)28)25-24-11-17-7-15(3)9-19(13-27)21(17)29;/h6-13,28-29H,4-5H2,1-3H3;/b23-10+,24-11+,25-22+;. The van der Waals surface area contributed by atoms with E-state index in [1.165, 1.54) is 24.2 Å². The number of aldehydes is 2. The first kappa shape index (κ1) is 26.3. The molecule has 0 bridgehead atoms. The molecule has 2 rings (SSSR count). The van der Waals surface area contributed by atoms with Gasteiger partial charge in [-0.05, 0) is 55.7 Å². The van der Waals surface area contributed by atoms with E-state index in [0.29, 0.717) is 28.9 Å². The predicted molar refractivity (Wildman–Crippen MR) is 122 cm³/mol. The van der Waals surface area contributed by atoms with Gasteiger partial charge in [-0.25, -0.2) is 4.99 Å². The maximum absolute atomic E-state index is 11.1. The molecule has 0 saturated carbocycles. The second-order valence-electron chi connectivity index (χ2n) is 6.55. The molecule has 2 N–H and O–H groups in total. The van der Waals surface area contributed by atoms with Crippen molar-refractivity contribution >= 4 is 41.9 Å². The number of hydrogen-bond donors (Lipinski definition) is 2. The number of aromatic hydroxyl groups is 2. The summed E-state index contributed by atoms with van der Waals surface area (Å²) in [6.07, 6.45) is 4.85. The number of nitrogens with zero attached hydrogens (tertiary/aromatic N) is 3. The van der Waals surface area contributed by atoms with Gasteiger partial charge in [-0.15, -0.1) is 5.10 Å². The Morgan fingerprint density at radius 3 is 1.87 bits per heavy atom. The third-order valence-electron chi connectivity index (χ3n) is 3.97. The second kappa shape index (κ2) is 12.8. The van der Waals surface area contributed by atoms with Gasteiger partial charge in [0.25, 0.3) is 0 Å². The zero-order valence-electron chi connectivity index (χ0n) is 17.3. The Morgan fingerprint density at radius 2 is 1.39 bits per heavy atom. The van der Waals surface area contributed by atoms with Crippen molar-refractivity contribution in [2.24, 2.45) is 15.2 Å². The number of benzene rings is 2. The molecule has 0 unspecified atom stereocenters. The van der Waals surface area contributed by atoms with Crippen LogP contribution in [0.5, 0.6) is 11.5 Å². The second-order valence-corrected chi connectivity index (χ2v) is 7.62. The van der Waals surface area contributed by atoms with Crippen LogP contribution in [0.15, 0.2) is 39.5 Å². The summed E-state index contributed by atoms with van der Waals surface area (Å²) in [7, 11) is 0. The number of carbonyl (C=O) groups is 2. The van der Waals surface area contributed by atoms with Crippen LogP contribution in [0.1, 0.15) is 56.3 Å². The fraction of sp³-hybridized carbons (Fsp3) is 0.227. The zero-order chi connectivity index (χ0) is 22.1. The minimum atomic E-state index is -0.160. The van der Waals surface area contributed by atoms with Gasteiger partial charge in [0.05, 0.1) is 17.3 Å². The summed E-state index contributed by atoms with van der Waals surface area (Å²) >= 11 is 1.38. The molecule has 2 aromatic carbocycles. The van der Waals surface area contributed by atoms with Gasteiger partial charge in [0, 0.05) is 40.2 Å². The first-order valence-corrected chi connectivity index (χ1v) is 10.2. The number of carbonyl (C=O) groups excluding carboxylic acids is 2. The van der Waals surface area contributed by atoms with Gasteiger partial charge in [0.1, 0.15) is 11.5 Å². The van der Waals surface area contributed by atoms with E-state index in [-0.39, 0.29) is 39.7 Å². The fourth-order valence-corrected chi connectivity index (χ4v) is 3.22. The molecule has 0 aromatic heterocycles. The normalized spacial score (nSPS) is 11.6. The van der Waals surface area contributed by atoms with Gasteiger partial charge in [-0.2, -0.15) is 5.10 Å². The molecular weight excluding hydrogens is 466 g/mol. The molecule has 0 spiro atoms. The summed E-state index contributed by atoms with van der Waals surface area (Å²) in [6.45, 7) is 5.64. The Morgan fingerprint density at radius 1 is 0.903 bits per heavy atom. The Kier molecular flexibility index (Phi) is 10.9. The van der Waals surface area contributed by atoms with Crippen LogP contribution in [0.4, 0.5) is 0 Å². The van der Waals surface area contributed by atoms with Crippen LogP contribution in [0.25, 0.3) is 0 Å². The van der Waals surface area contributed by atoms with Gasteiger partial charge < -0.3 is 10.2 Å². The molecule has 2 aromatic rings. The monoisotopic (exact) mass is 488 g/mol. The summed E-state index contributed by atoms with van der Waals surface area (Å²) in [5.74, 6) is 0.455. The summed E-state index contributed by atoms with van der Waals surface area (Å²) < 4.78 is 0. The van der Waals surface area contributed by atoms with Gasteiger partial charge in [-0.3, -0.25) is 9.59 Å². The van der Waals surface area contributed by atoms with E-state index in [1.807, 2.05) is 20.8 Å². The van der Waals surface area contributed by atoms with Crippen molar-refractivity contribution in [2.45, 2.75) is 27.2 Å². The minimum Gasteiger partial charge on any atom is -0.507 e. The SMILES string of the molecule is CCCSC(/N=C/c1cc(C)cc(C=O)c1O)=N/N=C/c1cc(C)cc(C=O)c1O.[Cu]. The molecule has 7 nitrogen and oxygen atoms in total. The fourth-order valence-electron chi connectivity index (χ4n) is 2.60. The Balaban J connectivity index is 0.00000480. The molecule has 31 heavy (non-hydrogen) atoms. The van der Waals surface area contributed by atoms with Crippen molar-refractivity contribution < 1.29 is 36.9 Å². The molecule has 9 heteroatoms. The zero-order valence-corrected chi connectivity index (χ0v) is 19.1. The topological polar surface area (TPSA) is 112 Å². The van der Waals surface area contributed by atoms with Crippen LogP contribution in [0.3, 0.4) is 0 Å². The first-order valence-electron chi connectivity index (χ1n) is 9.25.